The molecule has 0 saturated heterocycles. The van der Waals surface area contributed by atoms with Crippen molar-refractivity contribution in [2.75, 3.05) is 4.90 Å². The Morgan fingerprint density at radius 2 is 1.62 bits per heavy atom. The second-order valence-corrected chi connectivity index (χ2v) is 10.7. The number of carbonyl (C=O) groups excluding carboxylic acids is 2. The minimum absolute atomic E-state index is 0.0382. The van der Waals surface area contributed by atoms with E-state index in [9.17, 15) is 14.0 Å². The Balaban J connectivity index is 1.28. The van der Waals surface area contributed by atoms with Crippen molar-refractivity contribution in [2.45, 2.75) is 37.2 Å². The quantitative estimate of drug-likeness (QED) is 0.241. The summed E-state index contributed by atoms with van der Waals surface area (Å²) in [4.78, 5) is 29.4. The average molecular weight is 537 g/mol. The van der Waals surface area contributed by atoms with Gasteiger partial charge in [-0.1, -0.05) is 84.6 Å². The van der Waals surface area contributed by atoms with Crippen LogP contribution in [0.2, 0.25) is 0 Å². The molecule has 4 nitrogen and oxygen atoms in total. The van der Waals surface area contributed by atoms with Gasteiger partial charge < -0.3 is 10.2 Å². The van der Waals surface area contributed by atoms with Crippen LogP contribution >= 0.6 is 11.8 Å². The standard InChI is InChI=1S/C33H29FN2O2S/c1-23(15-16-24-9-3-2-4-10-24)35-32(37)26-19-17-25(18-20-26)21-31-33(38)36(22-27-11-5-6-12-28(27)34)29-13-7-8-14-30(29)39-31/h2-14,17-21,23H,15-16,22H2,1H3,(H,35,37)/b31-21+/t23-/m0/s1. The number of fused-ring (bicyclic) bond motifs is 1. The predicted octanol–water partition coefficient (Wildman–Crippen LogP) is 7.26. The smallest absolute Gasteiger partial charge is 0.265 e. The first kappa shape index (κ1) is 26.4. The molecule has 196 valence electrons. The summed E-state index contributed by atoms with van der Waals surface area (Å²) in [5.41, 5.74) is 3.85. The number of para-hydroxylation sites is 1. The Kier molecular flexibility index (Phi) is 8.23. The molecule has 4 aromatic rings. The van der Waals surface area contributed by atoms with Gasteiger partial charge in [-0.3, -0.25) is 9.59 Å². The van der Waals surface area contributed by atoms with Gasteiger partial charge in [0.2, 0.25) is 0 Å². The summed E-state index contributed by atoms with van der Waals surface area (Å²) >= 11 is 1.40. The van der Waals surface area contributed by atoms with Crippen LogP contribution < -0.4 is 10.2 Å². The first-order valence-electron chi connectivity index (χ1n) is 13.0. The summed E-state index contributed by atoms with van der Waals surface area (Å²) in [6.07, 6.45) is 3.57. The molecule has 0 aliphatic carbocycles. The number of halogens is 1. The fraction of sp³-hybridized carbons (Fsp3) is 0.152. The highest BCUT2D eigenvalue weighted by Crippen LogP contribution is 2.42. The molecule has 0 aromatic heterocycles. The van der Waals surface area contributed by atoms with E-state index >= 15 is 0 Å². The van der Waals surface area contributed by atoms with Gasteiger partial charge in [-0.15, -0.1) is 0 Å². The minimum Gasteiger partial charge on any atom is -0.350 e. The highest BCUT2D eigenvalue weighted by molar-refractivity contribution is 8.04. The van der Waals surface area contributed by atoms with Crippen LogP contribution in [0.1, 0.15) is 40.4 Å². The van der Waals surface area contributed by atoms with Crippen molar-refractivity contribution in [2.24, 2.45) is 0 Å². The van der Waals surface area contributed by atoms with E-state index in [2.05, 4.69) is 17.4 Å². The molecule has 1 heterocycles. The van der Waals surface area contributed by atoms with Crippen LogP contribution in [0.15, 0.2) is 113 Å². The van der Waals surface area contributed by atoms with Gasteiger partial charge in [0, 0.05) is 22.1 Å². The van der Waals surface area contributed by atoms with Gasteiger partial charge in [0.15, 0.2) is 0 Å². The fourth-order valence-electron chi connectivity index (χ4n) is 4.51. The largest absolute Gasteiger partial charge is 0.350 e. The van der Waals surface area contributed by atoms with Crippen molar-refractivity contribution >= 4 is 35.3 Å². The number of anilines is 1. The minimum atomic E-state index is -0.338. The monoisotopic (exact) mass is 536 g/mol. The summed E-state index contributed by atoms with van der Waals surface area (Å²) in [6.45, 7) is 2.15. The molecule has 0 fully saturated rings. The van der Waals surface area contributed by atoms with Crippen LogP contribution in [0.3, 0.4) is 0 Å². The highest BCUT2D eigenvalue weighted by atomic mass is 32.2. The van der Waals surface area contributed by atoms with E-state index in [0.29, 0.717) is 16.0 Å². The van der Waals surface area contributed by atoms with E-state index in [1.165, 1.54) is 23.4 Å². The van der Waals surface area contributed by atoms with Crippen molar-refractivity contribution in [3.8, 4) is 0 Å². The van der Waals surface area contributed by atoms with Crippen LogP contribution in [0.4, 0.5) is 10.1 Å². The Morgan fingerprint density at radius 1 is 0.923 bits per heavy atom. The fourth-order valence-corrected chi connectivity index (χ4v) is 5.56. The first-order valence-corrected chi connectivity index (χ1v) is 13.8. The van der Waals surface area contributed by atoms with Crippen LogP contribution in [-0.4, -0.2) is 17.9 Å². The van der Waals surface area contributed by atoms with E-state index in [1.807, 2.05) is 67.6 Å². The Hall–Kier alpha value is -4.16. The van der Waals surface area contributed by atoms with Gasteiger partial charge >= 0.3 is 0 Å². The lowest BCUT2D eigenvalue weighted by molar-refractivity contribution is -0.114. The maximum atomic E-state index is 14.4. The van der Waals surface area contributed by atoms with Crippen LogP contribution in [0.25, 0.3) is 6.08 Å². The normalized spacial score (nSPS) is 14.7. The maximum Gasteiger partial charge on any atom is 0.265 e. The Labute approximate surface area is 232 Å². The first-order chi connectivity index (χ1) is 19.0. The summed E-state index contributed by atoms with van der Waals surface area (Å²) in [6, 6.07) is 31.6. The molecule has 1 N–H and O–H groups in total. The molecular formula is C33H29FN2O2S. The summed E-state index contributed by atoms with van der Waals surface area (Å²) in [5.74, 6) is -0.645. The van der Waals surface area contributed by atoms with E-state index in [-0.39, 0.29) is 30.2 Å². The maximum absolute atomic E-state index is 14.4. The SMILES string of the molecule is C[C@@H](CCc1ccccc1)NC(=O)c1ccc(/C=C2/Sc3ccccc3N(Cc3ccccc3F)C2=O)cc1. The number of hydrogen-bond acceptors (Lipinski definition) is 3. The zero-order chi connectivity index (χ0) is 27.2. The second kappa shape index (κ2) is 12.1. The number of aryl methyl sites for hydroxylation is 1. The molecule has 0 spiro atoms. The molecule has 1 atom stereocenters. The number of carbonyl (C=O) groups is 2. The third-order valence-electron chi connectivity index (χ3n) is 6.68. The van der Waals surface area contributed by atoms with Crippen molar-refractivity contribution in [3.63, 3.8) is 0 Å². The van der Waals surface area contributed by atoms with Crippen LogP contribution in [0.5, 0.6) is 0 Å². The van der Waals surface area contributed by atoms with Gasteiger partial charge in [0.1, 0.15) is 5.82 Å². The van der Waals surface area contributed by atoms with Gasteiger partial charge in [-0.05, 0) is 67.3 Å². The Morgan fingerprint density at radius 3 is 2.38 bits per heavy atom. The molecule has 1 aliphatic heterocycles. The molecule has 6 heteroatoms. The molecule has 4 aromatic carbocycles. The molecule has 1 aliphatic rings. The van der Waals surface area contributed by atoms with Crippen molar-refractivity contribution in [1.82, 2.24) is 5.32 Å². The van der Waals surface area contributed by atoms with Crippen molar-refractivity contribution < 1.29 is 14.0 Å². The molecule has 0 saturated carbocycles. The van der Waals surface area contributed by atoms with E-state index in [1.54, 1.807) is 35.2 Å². The summed E-state index contributed by atoms with van der Waals surface area (Å²) < 4.78 is 14.4. The lowest BCUT2D eigenvalue weighted by Crippen LogP contribution is -2.34. The van der Waals surface area contributed by atoms with E-state index < -0.39 is 0 Å². The van der Waals surface area contributed by atoms with Gasteiger partial charge in [0.25, 0.3) is 11.8 Å². The van der Waals surface area contributed by atoms with Gasteiger partial charge in [0.05, 0.1) is 17.1 Å². The molecular weight excluding hydrogens is 507 g/mol. The lowest BCUT2D eigenvalue weighted by atomic mass is 10.1. The zero-order valence-electron chi connectivity index (χ0n) is 21.6. The molecule has 2 amide bonds. The number of hydrogen-bond donors (Lipinski definition) is 1. The van der Waals surface area contributed by atoms with Gasteiger partial charge in [-0.25, -0.2) is 4.39 Å². The highest BCUT2D eigenvalue weighted by Gasteiger charge is 2.29. The van der Waals surface area contributed by atoms with Crippen molar-refractivity contribution in [1.29, 1.82) is 0 Å². The number of thioether (sulfide) groups is 1. The number of rotatable bonds is 8. The summed E-state index contributed by atoms with van der Waals surface area (Å²) in [5, 5.41) is 3.07. The van der Waals surface area contributed by atoms with Crippen LogP contribution in [-0.2, 0) is 17.8 Å². The van der Waals surface area contributed by atoms with Gasteiger partial charge in [-0.2, -0.15) is 0 Å². The molecule has 39 heavy (non-hydrogen) atoms. The third kappa shape index (κ3) is 6.47. The van der Waals surface area contributed by atoms with Crippen LogP contribution in [0, 0.1) is 5.82 Å². The Bertz CT molecular complexity index is 1500. The summed E-state index contributed by atoms with van der Waals surface area (Å²) in [7, 11) is 0. The third-order valence-corrected chi connectivity index (χ3v) is 7.75. The average Bonchev–Trinajstić information content (AvgIpc) is 2.96. The lowest BCUT2D eigenvalue weighted by Gasteiger charge is -2.30. The predicted molar refractivity (Wildman–Crippen MR) is 156 cm³/mol. The van der Waals surface area contributed by atoms with E-state index in [4.69, 9.17) is 0 Å². The molecule has 0 radical (unpaired) electrons. The van der Waals surface area contributed by atoms with Crippen molar-refractivity contribution in [3.05, 3.63) is 136 Å². The topological polar surface area (TPSA) is 49.4 Å². The molecule has 0 unspecified atom stereocenters. The number of nitrogens with zero attached hydrogens (tertiary/aromatic N) is 1. The number of amides is 2. The second-order valence-electron chi connectivity index (χ2n) is 9.58. The zero-order valence-corrected chi connectivity index (χ0v) is 22.5. The van der Waals surface area contributed by atoms with E-state index in [0.717, 1.165) is 29.0 Å². The molecule has 0 bridgehead atoms. The number of benzene rings is 4. The molecule has 5 rings (SSSR count). The number of nitrogens with one attached hydrogen (secondary N) is 1.